The minimum absolute atomic E-state index is 0.116. The van der Waals surface area contributed by atoms with E-state index in [2.05, 4.69) is 10.3 Å². The Hall–Kier alpha value is -1.88. The largest absolute Gasteiger partial charge is 0.361 e. The van der Waals surface area contributed by atoms with Gasteiger partial charge in [-0.3, -0.25) is 4.79 Å². The van der Waals surface area contributed by atoms with E-state index in [1.54, 1.807) is 6.07 Å². The van der Waals surface area contributed by atoms with Gasteiger partial charge in [-0.1, -0.05) is 13.8 Å². The summed E-state index contributed by atoms with van der Waals surface area (Å²) in [6.07, 6.45) is 3.22. The number of H-pyrrole nitrogens is 1. The smallest absolute Gasteiger partial charge is 0.236 e. The number of fused-ring (bicyclic) bond motifs is 1. The number of benzene rings is 1. The molecule has 4 N–H and O–H groups in total. The fraction of sp³-hybridized carbons (Fsp3) is 0.438. The zero-order valence-corrected chi connectivity index (χ0v) is 12.4. The lowest BCUT2D eigenvalue weighted by atomic mass is 10.0. The van der Waals surface area contributed by atoms with Crippen LogP contribution in [0, 0.1) is 11.7 Å². The van der Waals surface area contributed by atoms with Crippen LogP contribution in [0.5, 0.6) is 0 Å². The average molecular weight is 291 g/mol. The maximum atomic E-state index is 13.1. The summed E-state index contributed by atoms with van der Waals surface area (Å²) in [4.78, 5) is 14.9. The number of carbonyl (C=O) groups is 1. The van der Waals surface area contributed by atoms with Crippen LogP contribution in [0.25, 0.3) is 10.9 Å². The number of rotatable bonds is 6. The van der Waals surface area contributed by atoms with Crippen LogP contribution in [0.2, 0.25) is 0 Å². The van der Waals surface area contributed by atoms with Crippen LogP contribution < -0.4 is 11.1 Å². The van der Waals surface area contributed by atoms with Gasteiger partial charge in [-0.2, -0.15) is 0 Å². The SMILES string of the molecule is CC(C)C[C@H](N)C(=O)NCCc1c[nH]c2cc(F)ccc12. The van der Waals surface area contributed by atoms with Crippen molar-refractivity contribution in [2.24, 2.45) is 11.7 Å². The van der Waals surface area contributed by atoms with Crippen molar-refractivity contribution in [2.75, 3.05) is 6.54 Å². The standard InChI is InChI=1S/C16H22FN3O/c1-10(2)7-14(18)16(21)19-6-5-11-9-20-15-8-12(17)3-4-13(11)15/h3-4,8-10,14,20H,5-7,18H2,1-2H3,(H,19,21)/t14-/m0/s1. The molecule has 0 saturated carbocycles. The molecular weight excluding hydrogens is 269 g/mol. The third-order valence-corrected chi connectivity index (χ3v) is 3.49. The summed E-state index contributed by atoms with van der Waals surface area (Å²) in [5, 5.41) is 3.83. The highest BCUT2D eigenvalue weighted by atomic mass is 19.1. The van der Waals surface area contributed by atoms with E-state index in [9.17, 15) is 9.18 Å². The molecule has 5 heteroatoms. The normalized spacial score (nSPS) is 12.8. The number of halogens is 1. The predicted octanol–water partition coefficient (Wildman–Crippen LogP) is 2.34. The first kappa shape index (κ1) is 15.5. The lowest BCUT2D eigenvalue weighted by Gasteiger charge is -2.13. The van der Waals surface area contributed by atoms with E-state index in [0.29, 0.717) is 25.3 Å². The monoisotopic (exact) mass is 291 g/mol. The van der Waals surface area contributed by atoms with Gasteiger partial charge in [-0.25, -0.2) is 4.39 Å². The first-order valence-corrected chi connectivity index (χ1v) is 7.26. The van der Waals surface area contributed by atoms with Crippen LogP contribution in [-0.2, 0) is 11.2 Å². The van der Waals surface area contributed by atoms with Gasteiger partial charge >= 0.3 is 0 Å². The molecule has 1 heterocycles. The van der Waals surface area contributed by atoms with Crippen molar-refractivity contribution < 1.29 is 9.18 Å². The van der Waals surface area contributed by atoms with Gasteiger partial charge in [-0.05, 0) is 42.5 Å². The van der Waals surface area contributed by atoms with E-state index in [0.717, 1.165) is 16.5 Å². The molecule has 0 radical (unpaired) electrons. The molecule has 0 fully saturated rings. The molecule has 0 aliphatic rings. The third kappa shape index (κ3) is 4.04. The van der Waals surface area contributed by atoms with Crippen molar-refractivity contribution in [3.63, 3.8) is 0 Å². The predicted molar refractivity (Wildman–Crippen MR) is 82.4 cm³/mol. The number of aromatic nitrogens is 1. The molecule has 21 heavy (non-hydrogen) atoms. The molecule has 0 saturated heterocycles. The Kier molecular flexibility index (Phi) is 4.96. The minimum atomic E-state index is -0.456. The Morgan fingerprint density at radius 3 is 2.90 bits per heavy atom. The summed E-state index contributed by atoms with van der Waals surface area (Å²) in [5.74, 6) is 0.0210. The second-order valence-electron chi connectivity index (χ2n) is 5.78. The molecule has 1 amide bonds. The second kappa shape index (κ2) is 6.72. The van der Waals surface area contributed by atoms with Gasteiger partial charge in [0.15, 0.2) is 0 Å². The van der Waals surface area contributed by atoms with Gasteiger partial charge in [0.1, 0.15) is 5.82 Å². The Morgan fingerprint density at radius 1 is 1.43 bits per heavy atom. The van der Waals surface area contributed by atoms with Crippen LogP contribution in [0.15, 0.2) is 24.4 Å². The van der Waals surface area contributed by atoms with Gasteiger partial charge in [0.25, 0.3) is 0 Å². The maximum absolute atomic E-state index is 13.1. The van der Waals surface area contributed by atoms with Gasteiger partial charge < -0.3 is 16.0 Å². The van der Waals surface area contributed by atoms with E-state index >= 15 is 0 Å². The summed E-state index contributed by atoms with van der Waals surface area (Å²) in [6.45, 7) is 4.60. The molecule has 0 bridgehead atoms. The van der Waals surface area contributed by atoms with E-state index in [1.807, 2.05) is 20.0 Å². The molecule has 0 spiro atoms. The number of aromatic amines is 1. The van der Waals surface area contributed by atoms with Crippen LogP contribution in [0.4, 0.5) is 4.39 Å². The van der Waals surface area contributed by atoms with E-state index < -0.39 is 6.04 Å². The molecule has 1 atom stereocenters. The number of carbonyl (C=O) groups excluding carboxylic acids is 1. The first-order valence-electron chi connectivity index (χ1n) is 7.26. The number of hydrogen-bond donors (Lipinski definition) is 3. The summed E-state index contributed by atoms with van der Waals surface area (Å²) < 4.78 is 13.1. The first-order chi connectivity index (χ1) is 9.97. The van der Waals surface area contributed by atoms with Crippen molar-refractivity contribution in [1.29, 1.82) is 0 Å². The number of nitrogens with two attached hydrogens (primary N) is 1. The maximum Gasteiger partial charge on any atom is 0.236 e. The summed E-state index contributed by atoms with van der Waals surface area (Å²) in [5.41, 5.74) is 7.65. The molecule has 0 aliphatic carbocycles. The minimum Gasteiger partial charge on any atom is -0.361 e. The lowest BCUT2D eigenvalue weighted by Crippen LogP contribution is -2.42. The number of nitrogens with one attached hydrogen (secondary N) is 2. The van der Waals surface area contributed by atoms with Crippen molar-refractivity contribution in [2.45, 2.75) is 32.7 Å². The number of amides is 1. The zero-order valence-electron chi connectivity index (χ0n) is 12.4. The molecule has 0 unspecified atom stereocenters. The van der Waals surface area contributed by atoms with Crippen molar-refractivity contribution in [3.8, 4) is 0 Å². The highest BCUT2D eigenvalue weighted by Gasteiger charge is 2.14. The zero-order chi connectivity index (χ0) is 15.4. The van der Waals surface area contributed by atoms with E-state index in [4.69, 9.17) is 5.73 Å². The summed E-state index contributed by atoms with van der Waals surface area (Å²) in [7, 11) is 0. The molecule has 2 rings (SSSR count). The molecule has 1 aromatic heterocycles. The molecular formula is C16H22FN3O. The highest BCUT2D eigenvalue weighted by Crippen LogP contribution is 2.19. The summed E-state index contributed by atoms with van der Waals surface area (Å²) >= 11 is 0. The lowest BCUT2D eigenvalue weighted by molar-refractivity contribution is -0.122. The van der Waals surface area contributed by atoms with Crippen LogP contribution in [0.3, 0.4) is 0 Å². The van der Waals surface area contributed by atoms with Crippen LogP contribution in [0.1, 0.15) is 25.8 Å². The van der Waals surface area contributed by atoms with E-state index in [1.165, 1.54) is 12.1 Å². The van der Waals surface area contributed by atoms with Gasteiger partial charge in [0.2, 0.25) is 5.91 Å². The molecule has 1 aromatic carbocycles. The fourth-order valence-corrected chi connectivity index (χ4v) is 2.43. The van der Waals surface area contributed by atoms with E-state index in [-0.39, 0.29) is 11.7 Å². The van der Waals surface area contributed by atoms with Gasteiger partial charge in [0.05, 0.1) is 6.04 Å². The molecule has 2 aromatic rings. The fourth-order valence-electron chi connectivity index (χ4n) is 2.43. The average Bonchev–Trinajstić information content (AvgIpc) is 2.80. The number of hydrogen-bond acceptors (Lipinski definition) is 2. The summed E-state index contributed by atoms with van der Waals surface area (Å²) in [6, 6.07) is 4.21. The molecule has 4 nitrogen and oxygen atoms in total. The third-order valence-electron chi connectivity index (χ3n) is 3.49. The Labute approximate surface area is 123 Å². The molecule has 0 aliphatic heterocycles. The van der Waals surface area contributed by atoms with Crippen molar-refractivity contribution >= 4 is 16.8 Å². The van der Waals surface area contributed by atoms with Crippen molar-refractivity contribution in [3.05, 3.63) is 35.8 Å². The second-order valence-corrected chi connectivity index (χ2v) is 5.78. The van der Waals surface area contributed by atoms with Gasteiger partial charge in [-0.15, -0.1) is 0 Å². The topological polar surface area (TPSA) is 70.9 Å². The van der Waals surface area contributed by atoms with Gasteiger partial charge in [0, 0.05) is 23.6 Å². The highest BCUT2D eigenvalue weighted by molar-refractivity contribution is 5.83. The molecule has 114 valence electrons. The Morgan fingerprint density at radius 2 is 2.19 bits per heavy atom. The Balaban J connectivity index is 1.89. The van der Waals surface area contributed by atoms with Crippen LogP contribution in [-0.4, -0.2) is 23.5 Å². The Bertz CT molecular complexity index is 621. The van der Waals surface area contributed by atoms with Crippen LogP contribution >= 0.6 is 0 Å². The quantitative estimate of drug-likeness (QED) is 0.764. The van der Waals surface area contributed by atoms with Crippen molar-refractivity contribution in [1.82, 2.24) is 10.3 Å².